The van der Waals surface area contributed by atoms with E-state index in [4.69, 9.17) is 14.7 Å². The van der Waals surface area contributed by atoms with Gasteiger partial charge in [0.15, 0.2) is 0 Å². The van der Waals surface area contributed by atoms with Crippen LogP contribution in [0.5, 0.6) is 5.75 Å². The summed E-state index contributed by atoms with van der Waals surface area (Å²) in [7, 11) is 1.68. The summed E-state index contributed by atoms with van der Waals surface area (Å²) in [5.41, 5.74) is 15.7. The van der Waals surface area contributed by atoms with Gasteiger partial charge in [-0.3, -0.25) is 0 Å². The zero-order valence-corrected chi connectivity index (χ0v) is 28.5. The van der Waals surface area contributed by atoms with Gasteiger partial charge in [0.05, 0.1) is 29.9 Å². The number of aromatic nitrogens is 2. The molecule has 0 saturated carbocycles. The monoisotopic (exact) mass is 664 g/mol. The number of ether oxygens (including phenoxy) is 1. The van der Waals surface area contributed by atoms with Crippen LogP contribution in [0.2, 0.25) is 0 Å². The van der Waals surface area contributed by atoms with Gasteiger partial charge in [-0.15, -0.1) is 0 Å². The lowest BCUT2D eigenvalue weighted by Gasteiger charge is -2.20. The minimum absolute atomic E-state index is 0.823. The van der Waals surface area contributed by atoms with Crippen LogP contribution < -0.4 is 4.74 Å². The van der Waals surface area contributed by atoms with E-state index < -0.39 is 0 Å². The Kier molecular flexibility index (Phi) is 7.04. The molecular weight excluding hydrogens is 633 g/mol. The maximum Gasteiger partial charge on any atom is 0.118 e. The maximum absolute atomic E-state index is 5.36. The smallest absolute Gasteiger partial charge is 0.118 e. The van der Waals surface area contributed by atoms with Crippen LogP contribution in [0.3, 0.4) is 0 Å². The molecule has 0 saturated heterocycles. The Hall–Kier alpha value is -6.84. The molecule has 9 aromatic rings. The van der Waals surface area contributed by atoms with Crippen molar-refractivity contribution in [1.29, 1.82) is 0 Å². The van der Waals surface area contributed by atoms with Crippen molar-refractivity contribution < 1.29 is 4.74 Å². The van der Waals surface area contributed by atoms with Gasteiger partial charge in [-0.2, -0.15) is 0 Å². The SMILES string of the molecule is COc1ccc(-c2cccc(-c3cccc(-c4ccc5c6c(cccc46)-c4c-5c(-c5ccccc5)c5ccccc5c4-c4ccccc4)n3)n2)cc1. The topological polar surface area (TPSA) is 35.0 Å². The first kappa shape index (κ1) is 30.0. The maximum atomic E-state index is 5.36. The van der Waals surface area contributed by atoms with Gasteiger partial charge in [-0.05, 0) is 115 Å². The number of fused-ring (bicyclic) bond motifs is 4. The number of nitrogens with zero attached hydrogens (tertiary/aromatic N) is 2. The molecule has 10 rings (SSSR count). The van der Waals surface area contributed by atoms with Crippen molar-refractivity contribution in [1.82, 2.24) is 9.97 Å². The number of hydrogen-bond donors (Lipinski definition) is 0. The van der Waals surface area contributed by atoms with Crippen LogP contribution in [0.1, 0.15) is 0 Å². The van der Waals surface area contributed by atoms with E-state index in [1.165, 1.54) is 66.1 Å². The van der Waals surface area contributed by atoms with Gasteiger partial charge in [-0.1, -0.05) is 127 Å². The second kappa shape index (κ2) is 12.2. The molecule has 0 aliphatic heterocycles. The molecule has 0 bridgehead atoms. The highest BCUT2D eigenvalue weighted by Gasteiger charge is 2.31. The lowest BCUT2D eigenvalue weighted by Crippen LogP contribution is -1.93. The Bertz CT molecular complexity index is 2710. The summed E-state index contributed by atoms with van der Waals surface area (Å²) in [4.78, 5) is 10.3. The minimum Gasteiger partial charge on any atom is -0.497 e. The molecule has 7 aromatic carbocycles. The molecule has 0 amide bonds. The predicted octanol–water partition coefficient (Wildman–Crippen LogP) is 12.8. The van der Waals surface area contributed by atoms with Gasteiger partial charge in [0.25, 0.3) is 0 Å². The molecule has 0 unspecified atom stereocenters. The Morgan fingerprint density at radius 3 is 1.42 bits per heavy atom. The summed E-state index contributed by atoms with van der Waals surface area (Å²) in [5, 5.41) is 4.98. The lowest BCUT2D eigenvalue weighted by atomic mass is 9.82. The van der Waals surface area contributed by atoms with Crippen LogP contribution in [-0.2, 0) is 0 Å². The summed E-state index contributed by atoms with van der Waals surface area (Å²) in [6.45, 7) is 0. The van der Waals surface area contributed by atoms with E-state index in [2.05, 4.69) is 127 Å². The molecule has 0 fully saturated rings. The highest BCUT2D eigenvalue weighted by molar-refractivity contribution is 6.28. The van der Waals surface area contributed by atoms with Crippen LogP contribution in [0.4, 0.5) is 0 Å². The van der Waals surface area contributed by atoms with Gasteiger partial charge >= 0.3 is 0 Å². The molecule has 1 aliphatic carbocycles. The first-order valence-corrected chi connectivity index (χ1v) is 17.6. The summed E-state index contributed by atoms with van der Waals surface area (Å²) in [6, 6.07) is 62.3. The van der Waals surface area contributed by atoms with Crippen molar-refractivity contribution in [3.05, 3.63) is 176 Å². The summed E-state index contributed by atoms with van der Waals surface area (Å²) in [6.07, 6.45) is 0. The molecule has 3 heteroatoms. The fraction of sp³-hybridized carbons (Fsp3) is 0.0204. The Labute approximate surface area is 302 Å². The highest BCUT2D eigenvalue weighted by Crippen LogP contribution is 2.58. The first-order chi connectivity index (χ1) is 25.8. The normalized spacial score (nSPS) is 11.6. The molecule has 52 heavy (non-hydrogen) atoms. The van der Waals surface area contributed by atoms with E-state index in [0.29, 0.717) is 0 Å². The zero-order valence-electron chi connectivity index (χ0n) is 28.5. The Morgan fingerprint density at radius 2 is 0.808 bits per heavy atom. The second-order valence-electron chi connectivity index (χ2n) is 13.2. The van der Waals surface area contributed by atoms with Crippen molar-refractivity contribution in [3.8, 4) is 84.2 Å². The third-order valence-corrected chi connectivity index (χ3v) is 10.3. The predicted molar refractivity (Wildman–Crippen MR) is 215 cm³/mol. The third kappa shape index (κ3) is 4.74. The van der Waals surface area contributed by atoms with Crippen molar-refractivity contribution in [2.75, 3.05) is 7.11 Å². The highest BCUT2D eigenvalue weighted by atomic mass is 16.5. The van der Waals surface area contributed by atoms with Crippen LogP contribution in [-0.4, -0.2) is 17.1 Å². The van der Waals surface area contributed by atoms with Gasteiger partial charge in [-0.25, -0.2) is 9.97 Å². The van der Waals surface area contributed by atoms with Crippen LogP contribution in [0.25, 0.3) is 100.0 Å². The van der Waals surface area contributed by atoms with E-state index in [1.54, 1.807) is 7.11 Å². The summed E-state index contributed by atoms with van der Waals surface area (Å²) >= 11 is 0. The van der Waals surface area contributed by atoms with Gasteiger partial charge in [0.1, 0.15) is 5.75 Å². The van der Waals surface area contributed by atoms with Gasteiger partial charge < -0.3 is 4.74 Å². The average Bonchev–Trinajstić information content (AvgIpc) is 3.55. The molecule has 0 spiro atoms. The summed E-state index contributed by atoms with van der Waals surface area (Å²) < 4.78 is 5.36. The standard InChI is InChI=1S/C49H32N2O/c1-52-34-27-25-31(26-28-34)41-21-11-23-43(50-41)44-24-12-22-42(51-44)35-29-30-40-47-36(35)19-10-20-39(47)48-45(32-13-4-2-5-14-32)37-17-8-9-18-38(37)46(49(40)48)33-15-6-3-7-16-33/h2-30H,1H3. The van der Waals surface area contributed by atoms with E-state index in [1.807, 2.05) is 48.5 Å². The van der Waals surface area contributed by atoms with Crippen molar-refractivity contribution in [2.24, 2.45) is 0 Å². The summed E-state index contributed by atoms with van der Waals surface area (Å²) in [5.74, 6) is 0.823. The minimum atomic E-state index is 0.823. The molecule has 244 valence electrons. The Balaban J connectivity index is 1.18. The van der Waals surface area contributed by atoms with Crippen LogP contribution >= 0.6 is 0 Å². The molecule has 2 heterocycles. The molecule has 0 N–H and O–H groups in total. The van der Waals surface area contributed by atoms with E-state index >= 15 is 0 Å². The van der Waals surface area contributed by atoms with Crippen molar-refractivity contribution in [3.63, 3.8) is 0 Å². The van der Waals surface area contributed by atoms with Crippen LogP contribution in [0.15, 0.2) is 176 Å². The molecule has 0 radical (unpaired) electrons. The number of pyridine rings is 2. The molecule has 1 aliphatic rings. The fourth-order valence-corrected chi connectivity index (χ4v) is 8.06. The van der Waals surface area contributed by atoms with Crippen molar-refractivity contribution >= 4 is 21.5 Å². The second-order valence-corrected chi connectivity index (χ2v) is 13.2. The van der Waals surface area contributed by atoms with Gasteiger partial charge in [0, 0.05) is 11.1 Å². The quantitative estimate of drug-likeness (QED) is 0.177. The first-order valence-electron chi connectivity index (χ1n) is 17.6. The van der Waals surface area contributed by atoms with E-state index in [-0.39, 0.29) is 0 Å². The van der Waals surface area contributed by atoms with Crippen molar-refractivity contribution in [2.45, 2.75) is 0 Å². The number of benzene rings is 7. The molecule has 0 atom stereocenters. The van der Waals surface area contributed by atoms with E-state index in [0.717, 1.165) is 39.7 Å². The molecular formula is C49H32N2O. The molecule has 2 aromatic heterocycles. The van der Waals surface area contributed by atoms with Crippen LogP contribution in [0, 0.1) is 0 Å². The average molecular weight is 665 g/mol. The Morgan fingerprint density at radius 1 is 0.327 bits per heavy atom. The zero-order chi connectivity index (χ0) is 34.6. The van der Waals surface area contributed by atoms with Gasteiger partial charge in [0.2, 0.25) is 0 Å². The number of rotatable bonds is 6. The number of methoxy groups -OCH3 is 1. The molecule has 3 nitrogen and oxygen atoms in total. The largest absolute Gasteiger partial charge is 0.497 e. The lowest BCUT2D eigenvalue weighted by molar-refractivity contribution is 0.415. The third-order valence-electron chi connectivity index (χ3n) is 10.3. The number of hydrogen-bond acceptors (Lipinski definition) is 3. The van der Waals surface area contributed by atoms with E-state index in [9.17, 15) is 0 Å². The fourth-order valence-electron chi connectivity index (χ4n) is 8.06.